The van der Waals surface area contributed by atoms with E-state index in [0.29, 0.717) is 0 Å². The maximum atomic E-state index is 10.5. The van der Waals surface area contributed by atoms with E-state index in [2.05, 4.69) is 0 Å². The molecule has 0 radical (unpaired) electrons. The summed E-state index contributed by atoms with van der Waals surface area (Å²) >= 11 is 0. The third kappa shape index (κ3) is 2.70. The molecular weight excluding hydrogens is 143 g/mol. The van der Waals surface area contributed by atoms with E-state index in [0.717, 1.165) is 12.8 Å². The lowest BCUT2D eigenvalue weighted by Crippen LogP contribution is -1.97. The van der Waals surface area contributed by atoms with Gasteiger partial charge in [0.1, 0.15) is 0 Å². The van der Waals surface area contributed by atoms with E-state index in [1.54, 1.807) is 0 Å². The van der Waals surface area contributed by atoms with Crippen LogP contribution in [-0.4, -0.2) is 5.29 Å². The van der Waals surface area contributed by atoms with Gasteiger partial charge < -0.3 is 0 Å². The summed E-state index contributed by atoms with van der Waals surface area (Å²) in [5.41, 5.74) is 0. The fraction of sp³-hybridized carbons (Fsp3) is 0.875. The zero-order valence-corrected chi connectivity index (χ0v) is 7.36. The van der Waals surface area contributed by atoms with E-state index in [1.165, 1.54) is 37.4 Å². The fourth-order valence-corrected chi connectivity index (χ4v) is 1.99. The van der Waals surface area contributed by atoms with Crippen molar-refractivity contribution in [1.82, 2.24) is 0 Å². The van der Waals surface area contributed by atoms with Crippen LogP contribution >= 0.6 is 8.08 Å². The molecule has 1 rings (SSSR count). The lowest BCUT2D eigenvalue weighted by atomic mass is 10.0. The molecule has 0 spiro atoms. The summed E-state index contributed by atoms with van der Waals surface area (Å²) in [6, 6.07) is 0. The number of hydrogen-bond donors (Lipinski definition) is 0. The highest BCUT2D eigenvalue weighted by Crippen LogP contribution is 2.16. The van der Waals surface area contributed by atoms with E-state index >= 15 is 0 Å². The third-order valence-electron chi connectivity index (χ3n) is 2.10. The van der Waals surface area contributed by atoms with Crippen LogP contribution in [-0.2, 0) is 4.57 Å². The van der Waals surface area contributed by atoms with Crippen molar-refractivity contribution < 1.29 is 4.57 Å². The Morgan fingerprint density at radius 3 is 1.90 bits per heavy atom. The van der Waals surface area contributed by atoms with Crippen molar-refractivity contribution in [3.63, 3.8) is 0 Å². The Hall–Kier alpha value is -0.0300. The normalized spacial score (nSPS) is 22.2. The van der Waals surface area contributed by atoms with E-state index < -0.39 is 0 Å². The van der Waals surface area contributed by atoms with Crippen LogP contribution in [0.2, 0.25) is 0 Å². The topological polar surface area (TPSA) is 17.1 Å². The molecule has 0 N–H and O–H groups in total. The van der Waals surface area contributed by atoms with E-state index in [9.17, 15) is 4.57 Å². The Labute approximate surface area is 63.7 Å². The Balaban J connectivity index is 2.37. The molecule has 1 aliphatic carbocycles. The largest absolute Gasteiger partial charge is 0.286 e. The molecule has 1 fully saturated rings. The Kier molecular flexibility index (Phi) is 3.82. The summed E-state index contributed by atoms with van der Waals surface area (Å²) in [4.78, 5) is 0. The van der Waals surface area contributed by atoms with Crippen LogP contribution in [0.3, 0.4) is 0 Å². The molecule has 1 saturated carbocycles. The van der Waals surface area contributed by atoms with Crippen molar-refractivity contribution in [2.75, 3.05) is 0 Å². The SMILES string of the molecule is O=[PH]=C1CCCCCCC1. The minimum Gasteiger partial charge on any atom is -0.286 e. The van der Waals surface area contributed by atoms with Gasteiger partial charge in [0, 0.05) is 0 Å². The number of hydrogen-bond acceptors (Lipinski definition) is 1. The predicted molar refractivity (Wildman–Crippen MR) is 46.3 cm³/mol. The highest BCUT2D eigenvalue weighted by Gasteiger charge is 2.01. The highest BCUT2D eigenvalue weighted by molar-refractivity contribution is 7.27. The van der Waals surface area contributed by atoms with Crippen molar-refractivity contribution >= 4 is 13.4 Å². The molecule has 1 unspecified atom stereocenters. The van der Waals surface area contributed by atoms with Gasteiger partial charge in [-0.15, -0.1) is 0 Å². The van der Waals surface area contributed by atoms with Crippen molar-refractivity contribution in [2.24, 2.45) is 0 Å². The predicted octanol–water partition coefficient (Wildman–Crippen LogP) is 2.93. The number of rotatable bonds is 0. The van der Waals surface area contributed by atoms with Gasteiger partial charge in [-0.05, 0) is 31.0 Å². The molecule has 1 nitrogen and oxygen atoms in total. The van der Waals surface area contributed by atoms with Crippen LogP contribution < -0.4 is 0 Å². The molecule has 0 aromatic heterocycles. The smallest absolute Gasteiger partial charge is 0.0819 e. The van der Waals surface area contributed by atoms with Crippen LogP contribution in [0.15, 0.2) is 0 Å². The Morgan fingerprint density at radius 1 is 0.900 bits per heavy atom. The molecule has 0 bridgehead atoms. The van der Waals surface area contributed by atoms with Crippen molar-refractivity contribution in [3.05, 3.63) is 0 Å². The van der Waals surface area contributed by atoms with Gasteiger partial charge in [-0.3, -0.25) is 4.57 Å². The lowest BCUT2D eigenvalue weighted by Gasteiger charge is -2.08. The summed E-state index contributed by atoms with van der Waals surface area (Å²) in [6.07, 6.45) is 8.86. The Morgan fingerprint density at radius 2 is 1.40 bits per heavy atom. The van der Waals surface area contributed by atoms with Gasteiger partial charge in [0.15, 0.2) is 0 Å². The Bertz CT molecular complexity index is 137. The van der Waals surface area contributed by atoms with E-state index in [1.807, 2.05) is 0 Å². The summed E-state index contributed by atoms with van der Waals surface area (Å²) in [5.74, 6) is 0. The van der Waals surface area contributed by atoms with Gasteiger partial charge in [0.25, 0.3) is 0 Å². The molecule has 58 valence electrons. The standard InChI is InChI=1S/C8H15OP/c9-10-8-6-4-2-1-3-5-7-8/h10H,1-7H2. The van der Waals surface area contributed by atoms with Crippen molar-refractivity contribution in [3.8, 4) is 0 Å². The summed E-state index contributed by atoms with van der Waals surface area (Å²) in [7, 11) is -0.134. The summed E-state index contributed by atoms with van der Waals surface area (Å²) in [6.45, 7) is 0. The van der Waals surface area contributed by atoms with Gasteiger partial charge in [0.05, 0.1) is 8.08 Å². The fourth-order valence-electron chi connectivity index (χ4n) is 1.43. The zero-order chi connectivity index (χ0) is 7.23. The average molecular weight is 158 g/mol. The first kappa shape index (κ1) is 8.07. The van der Waals surface area contributed by atoms with E-state index in [-0.39, 0.29) is 8.08 Å². The molecule has 10 heavy (non-hydrogen) atoms. The van der Waals surface area contributed by atoms with Gasteiger partial charge in [-0.1, -0.05) is 19.3 Å². The lowest BCUT2D eigenvalue weighted by molar-refractivity contribution is 0.598. The molecule has 0 aliphatic heterocycles. The minimum atomic E-state index is -0.134. The first-order chi connectivity index (χ1) is 4.93. The average Bonchev–Trinajstić information content (AvgIpc) is 1.87. The van der Waals surface area contributed by atoms with Gasteiger partial charge in [-0.25, -0.2) is 0 Å². The molecule has 1 aliphatic rings. The molecule has 0 saturated heterocycles. The summed E-state index contributed by atoms with van der Waals surface area (Å²) < 4.78 is 10.5. The van der Waals surface area contributed by atoms with E-state index in [4.69, 9.17) is 0 Å². The van der Waals surface area contributed by atoms with Crippen LogP contribution in [0, 0.1) is 0 Å². The molecule has 0 amide bonds. The van der Waals surface area contributed by atoms with Crippen molar-refractivity contribution in [2.45, 2.75) is 44.9 Å². The molecular formula is C8H15OP. The molecule has 2 heteroatoms. The minimum absolute atomic E-state index is 0.134. The maximum absolute atomic E-state index is 10.5. The quantitative estimate of drug-likeness (QED) is 0.495. The molecule has 1 atom stereocenters. The van der Waals surface area contributed by atoms with Gasteiger partial charge in [0.2, 0.25) is 0 Å². The van der Waals surface area contributed by atoms with Crippen molar-refractivity contribution in [1.29, 1.82) is 0 Å². The first-order valence-corrected chi connectivity index (χ1v) is 5.07. The second-order valence-electron chi connectivity index (χ2n) is 2.97. The third-order valence-corrected chi connectivity index (χ3v) is 2.89. The van der Waals surface area contributed by atoms with Crippen LogP contribution in [0.1, 0.15) is 44.9 Å². The van der Waals surface area contributed by atoms with Gasteiger partial charge >= 0.3 is 0 Å². The highest BCUT2D eigenvalue weighted by atomic mass is 31.0. The molecule has 0 aromatic carbocycles. The second kappa shape index (κ2) is 4.73. The first-order valence-electron chi connectivity index (χ1n) is 4.16. The monoisotopic (exact) mass is 158 g/mol. The zero-order valence-electron chi connectivity index (χ0n) is 6.36. The van der Waals surface area contributed by atoms with Crippen LogP contribution in [0.25, 0.3) is 0 Å². The van der Waals surface area contributed by atoms with Crippen LogP contribution in [0.5, 0.6) is 0 Å². The van der Waals surface area contributed by atoms with Crippen LogP contribution in [0.4, 0.5) is 0 Å². The van der Waals surface area contributed by atoms with Gasteiger partial charge in [-0.2, -0.15) is 0 Å². The molecule has 0 aromatic rings. The summed E-state index contributed by atoms with van der Waals surface area (Å²) in [5, 5.41) is 1.29. The molecule has 0 heterocycles. The second-order valence-corrected chi connectivity index (χ2v) is 3.88. The maximum Gasteiger partial charge on any atom is 0.0819 e.